The molecule has 0 radical (unpaired) electrons. The van der Waals surface area contributed by atoms with E-state index in [9.17, 15) is 14.7 Å². The number of nitrogens with one attached hydrogen (secondary N) is 1. The fourth-order valence-electron chi connectivity index (χ4n) is 2.88. The molecule has 5 heteroatoms. The Morgan fingerprint density at radius 2 is 1.90 bits per heavy atom. The Kier molecular flexibility index (Phi) is 4.83. The Hall–Kier alpha value is -1.62. The van der Waals surface area contributed by atoms with Crippen LogP contribution >= 0.6 is 0 Å². The van der Waals surface area contributed by atoms with Crippen molar-refractivity contribution in [3.05, 3.63) is 23.5 Å². The van der Waals surface area contributed by atoms with E-state index < -0.39 is 5.60 Å². The quantitative estimate of drug-likeness (QED) is 0.659. The summed E-state index contributed by atoms with van der Waals surface area (Å²) in [5, 5.41) is 13.3. The molecule has 0 aliphatic heterocycles. The summed E-state index contributed by atoms with van der Waals surface area (Å²) in [6.45, 7) is 1.75. The molecular formula is C16H24N2O3. The minimum absolute atomic E-state index is 0.0629. The Labute approximate surface area is 125 Å². The van der Waals surface area contributed by atoms with E-state index in [1.807, 2.05) is 0 Å². The molecule has 2 rings (SSSR count). The summed E-state index contributed by atoms with van der Waals surface area (Å²) >= 11 is 0. The Morgan fingerprint density at radius 1 is 1.29 bits per heavy atom. The Morgan fingerprint density at radius 3 is 2.43 bits per heavy atom. The number of carbonyl (C=O) groups is 2. The molecule has 21 heavy (non-hydrogen) atoms. The zero-order valence-electron chi connectivity index (χ0n) is 12.8. The third-order valence-electron chi connectivity index (χ3n) is 4.26. The van der Waals surface area contributed by atoms with Gasteiger partial charge in [-0.2, -0.15) is 0 Å². The monoisotopic (exact) mass is 292 g/mol. The molecular weight excluding hydrogens is 268 g/mol. The molecule has 1 heterocycles. The standard InChI is InChI=1S/C16H24N2O3/c1-12(19)13-9-14(18(2)10-13)15(20)17-11-16(21)7-5-3-4-6-8-16/h9-10,21H,3-8,11H2,1-2H3,(H,17,20). The molecule has 1 aliphatic rings. The van der Waals surface area contributed by atoms with E-state index in [0.29, 0.717) is 11.3 Å². The summed E-state index contributed by atoms with van der Waals surface area (Å²) in [4.78, 5) is 23.6. The molecule has 1 fully saturated rings. The lowest BCUT2D eigenvalue weighted by Crippen LogP contribution is -2.42. The number of aromatic nitrogens is 1. The minimum atomic E-state index is -0.791. The topological polar surface area (TPSA) is 71.3 Å². The van der Waals surface area contributed by atoms with Crippen molar-refractivity contribution in [2.24, 2.45) is 7.05 Å². The second-order valence-electron chi connectivity index (χ2n) is 6.10. The van der Waals surface area contributed by atoms with Crippen molar-refractivity contribution in [1.82, 2.24) is 9.88 Å². The number of rotatable bonds is 4. The van der Waals surface area contributed by atoms with Gasteiger partial charge >= 0.3 is 0 Å². The normalized spacial score (nSPS) is 18.0. The van der Waals surface area contributed by atoms with Gasteiger partial charge in [0.1, 0.15) is 5.69 Å². The van der Waals surface area contributed by atoms with Crippen molar-refractivity contribution in [3.8, 4) is 0 Å². The largest absolute Gasteiger partial charge is 0.388 e. The van der Waals surface area contributed by atoms with Crippen LogP contribution in [0.25, 0.3) is 0 Å². The fourth-order valence-corrected chi connectivity index (χ4v) is 2.88. The van der Waals surface area contributed by atoms with Crippen LogP contribution in [0, 0.1) is 0 Å². The van der Waals surface area contributed by atoms with Crippen LogP contribution in [-0.4, -0.2) is 33.5 Å². The van der Waals surface area contributed by atoms with E-state index in [2.05, 4.69) is 5.32 Å². The Balaban J connectivity index is 1.99. The highest BCUT2D eigenvalue weighted by Gasteiger charge is 2.28. The van der Waals surface area contributed by atoms with Gasteiger partial charge in [-0.1, -0.05) is 25.7 Å². The highest BCUT2D eigenvalue weighted by atomic mass is 16.3. The van der Waals surface area contributed by atoms with Crippen molar-refractivity contribution in [2.45, 2.75) is 51.0 Å². The van der Waals surface area contributed by atoms with Crippen molar-refractivity contribution >= 4 is 11.7 Å². The number of carbonyl (C=O) groups excluding carboxylic acids is 2. The second-order valence-corrected chi connectivity index (χ2v) is 6.10. The maximum atomic E-state index is 12.2. The Bertz CT molecular complexity index is 526. The first-order chi connectivity index (χ1) is 9.91. The molecule has 0 atom stereocenters. The number of aliphatic hydroxyl groups is 1. The van der Waals surface area contributed by atoms with Gasteiger partial charge < -0.3 is 15.0 Å². The van der Waals surface area contributed by atoms with Gasteiger partial charge in [0.05, 0.1) is 5.60 Å². The number of nitrogens with zero attached hydrogens (tertiary/aromatic N) is 1. The molecule has 0 unspecified atom stereocenters. The molecule has 1 saturated carbocycles. The number of Topliss-reactive ketones (excluding diaryl/α,β-unsaturated/α-hetero) is 1. The van der Waals surface area contributed by atoms with Crippen molar-refractivity contribution in [2.75, 3.05) is 6.54 Å². The summed E-state index contributed by atoms with van der Waals surface area (Å²) in [5.74, 6) is -0.310. The van der Waals surface area contributed by atoms with E-state index in [1.165, 1.54) is 6.92 Å². The van der Waals surface area contributed by atoms with Gasteiger partial charge in [-0.05, 0) is 25.8 Å². The lowest BCUT2D eigenvalue weighted by molar-refractivity contribution is 0.0245. The van der Waals surface area contributed by atoms with Crippen molar-refractivity contribution in [1.29, 1.82) is 0 Å². The maximum Gasteiger partial charge on any atom is 0.268 e. The molecule has 1 aromatic heterocycles. The third kappa shape index (κ3) is 3.94. The van der Waals surface area contributed by atoms with E-state index in [0.717, 1.165) is 38.5 Å². The van der Waals surface area contributed by atoms with Crippen LogP contribution in [-0.2, 0) is 7.05 Å². The highest BCUT2D eigenvalue weighted by Crippen LogP contribution is 2.26. The van der Waals surface area contributed by atoms with Gasteiger partial charge in [-0.25, -0.2) is 0 Å². The van der Waals surface area contributed by atoms with Crippen molar-refractivity contribution < 1.29 is 14.7 Å². The second kappa shape index (κ2) is 6.43. The fraction of sp³-hybridized carbons (Fsp3) is 0.625. The molecule has 5 nitrogen and oxygen atoms in total. The van der Waals surface area contributed by atoms with Gasteiger partial charge in [0.15, 0.2) is 5.78 Å². The molecule has 1 aromatic rings. The van der Waals surface area contributed by atoms with E-state index >= 15 is 0 Å². The number of ketones is 1. The van der Waals surface area contributed by atoms with Gasteiger partial charge in [0.2, 0.25) is 0 Å². The molecule has 0 saturated heterocycles. The molecule has 1 aliphatic carbocycles. The SMILES string of the molecule is CC(=O)c1cc(C(=O)NCC2(O)CCCCCC2)n(C)c1. The predicted molar refractivity (Wildman–Crippen MR) is 80.4 cm³/mol. The summed E-state index contributed by atoms with van der Waals surface area (Å²) in [7, 11) is 1.74. The lowest BCUT2D eigenvalue weighted by atomic mass is 9.94. The van der Waals surface area contributed by atoms with E-state index in [1.54, 1.807) is 23.9 Å². The highest BCUT2D eigenvalue weighted by molar-refractivity contribution is 5.99. The first-order valence-corrected chi connectivity index (χ1v) is 7.59. The van der Waals surface area contributed by atoms with Gasteiger partial charge in [-0.15, -0.1) is 0 Å². The van der Waals surface area contributed by atoms with Crippen LogP contribution in [0.5, 0.6) is 0 Å². The van der Waals surface area contributed by atoms with E-state index in [-0.39, 0.29) is 18.2 Å². The van der Waals surface area contributed by atoms with Crippen LogP contribution in [0.15, 0.2) is 12.3 Å². The van der Waals surface area contributed by atoms with Gasteiger partial charge in [-0.3, -0.25) is 9.59 Å². The minimum Gasteiger partial charge on any atom is -0.388 e. The predicted octanol–water partition coefficient (Wildman–Crippen LogP) is 2.04. The molecule has 0 spiro atoms. The molecule has 2 N–H and O–H groups in total. The smallest absolute Gasteiger partial charge is 0.268 e. The zero-order chi connectivity index (χ0) is 15.5. The van der Waals surface area contributed by atoms with Gasteiger partial charge in [0.25, 0.3) is 5.91 Å². The third-order valence-corrected chi connectivity index (χ3v) is 4.26. The number of aryl methyl sites for hydroxylation is 1. The van der Waals surface area contributed by atoms with Crippen molar-refractivity contribution in [3.63, 3.8) is 0 Å². The summed E-state index contributed by atoms with van der Waals surface area (Å²) in [6, 6.07) is 1.59. The van der Waals surface area contributed by atoms with Crippen LogP contribution < -0.4 is 5.32 Å². The summed E-state index contributed by atoms with van der Waals surface area (Å²) in [6.07, 6.45) is 7.43. The lowest BCUT2D eigenvalue weighted by Gasteiger charge is -2.26. The number of amides is 1. The van der Waals surface area contributed by atoms with Crippen LogP contribution in [0.3, 0.4) is 0 Å². The van der Waals surface area contributed by atoms with E-state index in [4.69, 9.17) is 0 Å². The molecule has 116 valence electrons. The first-order valence-electron chi connectivity index (χ1n) is 7.59. The molecule has 0 aromatic carbocycles. The van der Waals surface area contributed by atoms with Crippen LogP contribution in [0.2, 0.25) is 0 Å². The van der Waals surface area contributed by atoms with Gasteiger partial charge in [0, 0.05) is 25.4 Å². The first kappa shape index (κ1) is 15.8. The summed E-state index contributed by atoms with van der Waals surface area (Å²) < 4.78 is 1.64. The van der Waals surface area contributed by atoms with Crippen LogP contribution in [0.1, 0.15) is 66.3 Å². The average molecular weight is 292 g/mol. The zero-order valence-corrected chi connectivity index (χ0v) is 12.8. The molecule has 1 amide bonds. The molecule has 0 bridgehead atoms. The van der Waals surface area contributed by atoms with Crippen LogP contribution in [0.4, 0.5) is 0 Å². The summed E-state index contributed by atoms with van der Waals surface area (Å²) in [5.41, 5.74) is 0.175. The maximum absolute atomic E-state index is 12.2. The average Bonchev–Trinajstić information content (AvgIpc) is 2.69. The number of hydrogen-bond donors (Lipinski definition) is 2. The number of hydrogen-bond acceptors (Lipinski definition) is 3.